The van der Waals surface area contributed by atoms with Gasteiger partial charge in [0, 0.05) is 54.4 Å². The van der Waals surface area contributed by atoms with E-state index in [4.69, 9.17) is 15.0 Å². The van der Waals surface area contributed by atoms with E-state index in [0.29, 0.717) is 17.5 Å². The molecule has 58 heavy (non-hydrogen) atoms. The summed E-state index contributed by atoms with van der Waals surface area (Å²) in [6.45, 7) is 0. The highest BCUT2D eigenvalue weighted by molar-refractivity contribution is 6.34. The van der Waals surface area contributed by atoms with Crippen molar-refractivity contribution in [1.82, 2.24) is 23.8 Å². The molecule has 0 atom stereocenters. The smallest absolute Gasteiger partial charge is 0.164 e. The Morgan fingerprint density at radius 3 is 1.45 bits per heavy atom. The SMILES string of the molecule is c1ccc(-c2nc(-c3ccccc3)nc(-c3cccc4c3c3cccc5c6c7ccccc7c7ccccc7c6n6c7ccccc7c7cccc(c76)n4c35)n2)cc1. The van der Waals surface area contributed by atoms with Gasteiger partial charge in [-0.2, -0.15) is 0 Å². The molecule has 0 spiro atoms. The molecule has 268 valence electrons. The molecule has 5 nitrogen and oxygen atoms in total. The first-order valence-corrected chi connectivity index (χ1v) is 19.7. The van der Waals surface area contributed by atoms with Crippen molar-refractivity contribution >= 4 is 87.0 Å². The maximum Gasteiger partial charge on any atom is 0.164 e. The van der Waals surface area contributed by atoms with Crippen LogP contribution >= 0.6 is 0 Å². The lowest BCUT2D eigenvalue weighted by Gasteiger charge is -2.15. The van der Waals surface area contributed by atoms with Crippen molar-refractivity contribution in [2.45, 2.75) is 0 Å². The number of fused-ring (bicyclic) bond motifs is 15. The average Bonchev–Trinajstić information content (AvgIpc) is 3.82. The molecule has 4 heterocycles. The van der Waals surface area contributed by atoms with Gasteiger partial charge in [-0.25, -0.2) is 15.0 Å². The molecule has 0 N–H and O–H groups in total. The molecule has 13 rings (SSSR count). The topological polar surface area (TPSA) is 47.5 Å². The molecule has 0 unspecified atom stereocenters. The molecule has 0 amide bonds. The lowest BCUT2D eigenvalue weighted by Crippen LogP contribution is -2.00. The second kappa shape index (κ2) is 11.8. The van der Waals surface area contributed by atoms with E-state index in [-0.39, 0.29) is 0 Å². The highest BCUT2D eigenvalue weighted by Gasteiger charge is 2.24. The number of rotatable bonds is 3. The Balaban J connectivity index is 1.30. The fourth-order valence-electron chi connectivity index (χ4n) is 9.72. The first-order valence-electron chi connectivity index (χ1n) is 19.7. The minimum Gasteiger partial charge on any atom is -0.306 e. The Morgan fingerprint density at radius 1 is 0.259 bits per heavy atom. The lowest BCUT2D eigenvalue weighted by atomic mass is 9.94. The van der Waals surface area contributed by atoms with Gasteiger partial charge in [0.05, 0.1) is 33.1 Å². The molecule has 0 radical (unpaired) electrons. The van der Waals surface area contributed by atoms with Gasteiger partial charge in [-0.05, 0) is 34.4 Å². The van der Waals surface area contributed by atoms with Crippen LogP contribution in [0.25, 0.3) is 121 Å². The Bertz CT molecular complexity index is 3790. The molecule has 0 saturated carbocycles. The molecule has 0 saturated heterocycles. The van der Waals surface area contributed by atoms with Crippen LogP contribution in [0.5, 0.6) is 0 Å². The van der Waals surface area contributed by atoms with Gasteiger partial charge in [-0.15, -0.1) is 0 Å². The highest BCUT2D eigenvalue weighted by atomic mass is 15.0. The van der Waals surface area contributed by atoms with Crippen LogP contribution in [0.15, 0.2) is 188 Å². The summed E-state index contributed by atoms with van der Waals surface area (Å²) in [4.78, 5) is 15.5. The molecule has 0 fully saturated rings. The second-order valence-corrected chi connectivity index (χ2v) is 15.1. The van der Waals surface area contributed by atoms with E-state index in [9.17, 15) is 0 Å². The van der Waals surface area contributed by atoms with Gasteiger partial charge in [0.25, 0.3) is 0 Å². The number of hydrogen-bond acceptors (Lipinski definition) is 3. The summed E-state index contributed by atoms with van der Waals surface area (Å²) < 4.78 is 5.05. The zero-order valence-electron chi connectivity index (χ0n) is 31.1. The molecular formula is C53H31N5. The molecule has 0 aliphatic heterocycles. The van der Waals surface area contributed by atoms with Crippen LogP contribution in [-0.4, -0.2) is 23.8 Å². The summed E-state index contributed by atoms with van der Waals surface area (Å²) in [5, 5.41) is 12.1. The van der Waals surface area contributed by atoms with Crippen LogP contribution in [0.3, 0.4) is 0 Å². The van der Waals surface area contributed by atoms with Crippen molar-refractivity contribution in [3.63, 3.8) is 0 Å². The standard InChI is InChI=1S/C53H31N5/c1-3-16-32(17-4-1)51-54-52(33-18-5-2-6-19-33)56-53(55-51)42-28-15-30-44-46(42)40-26-13-27-41-47-37-23-9-7-20-34(37)35-21-8-10-24-38(35)50(47)58-43-29-12-11-22-36(43)39-25-14-31-45(49(39)58)57(44)48(40)41/h1-31H. The van der Waals surface area contributed by atoms with Crippen LogP contribution in [0.4, 0.5) is 0 Å². The summed E-state index contributed by atoms with van der Waals surface area (Å²) >= 11 is 0. The third-order valence-corrected chi connectivity index (χ3v) is 12.1. The Labute approximate surface area is 331 Å². The van der Waals surface area contributed by atoms with E-state index in [1.54, 1.807) is 0 Å². The van der Waals surface area contributed by atoms with Crippen molar-refractivity contribution in [2.24, 2.45) is 0 Å². The first-order chi connectivity index (χ1) is 28.8. The van der Waals surface area contributed by atoms with Gasteiger partial charge in [0.1, 0.15) is 0 Å². The molecule has 4 aromatic heterocycles. The Hall–Kier alpha value is -7.89. The maximum atomic E-state index is 5.25. The summed E-state index contributed by atoms with van der Waals surface area (Å²) in [5.74, 6) is 1.93. The quantitative estimate of drug-likeness (QED) is 0.170. The molecule has 0 bridgehead atoms. The van der Waals surface area contributed by atoms with Gasteiger partial charge in [0.2, 0.25) is 0 Å². The predicted molar refractivity (Wildman–Crippen MR) is 241 cm³/mol. The fraction of sp³-hybridized carbons (Fsp3) is 0. The lowest BCUT2D eigenvalue weighted by molar-refractivity contribution is 1.08. The fourth-order valence-corrected chi connectivity index (χ4v) is 9.72. The monoisotopic (exact) mass is 737 g/mol. The van der Waals surface area contributed by atoms with E-state index in [1.807, 2.05) is 36.4 Å². The van der Waals surface area contributed by atoms with E-state index >= 15 is 0 Å². The summed E-state index contributed by atoms with van der Waals surface area (Å²) in [7, 11) is 0. The second-order valence-electron chi connectivity index (χ2n) is 15.1. The van der Waals surface area contributed by atoms with E-state index in [0.717, 1.165) is 44.0 Å². The maximum absolute atomic E-state index is 5.25. The normalized spacial score (nSPS) is 12.1. The van der Waals surface area contributed by atoms with Crippen LogP contribution in [0.1, 0.15) is 0 Å². The van der Waals surface area contributed by atoms with Crippen molar-refractivity contribution in [1.29, 1.82) is 0 Å². The molecule has 9 aromatic carbocycles. The summed E-state index contributed by atoms with van der Waals surface area (Å²) in [5.41, 5.74) is 9.82. The van der Waals surface area contributed by atoms with Crippen LogP contribution in [-0.2, 0) is 0 Å². The highest BCUT2D eigenvalue weighted by Crippen LogP contribution is 2.46. The molecule has 0 aliphatic rings. The van der Waals surface area contributed by atoms with Crippen LogP contribution in [0.2, 0.25) is 0 Å². The Kier molecular flexibility index (Phi) is 6.38. The third kappa shape index (κ3) is 4.22. The Morgan fingerprint density at radius 2 is 0.724 bits per heavy atom. The van der Waals surface area contributed by atoms with E-state index in [1.165, 1.54) is 59.6 Å². The number of hydrogen-bond donors (Lipinski definition) is 0. The van der Waals surface area contributed by atoms with E-state index in [2.05, 4.69) is 160 Å². The van der Waals surface area contributed by atoms with Crippen molar-refractivity contribution in [2.75, 3.05) is 0 Å². The van der Waals surface area contributed by atoms with Crippen LogP contribution in [0, 0.1) is 0 Å². The van der Waals surface area contributed by atoms with Gasteiger partial charge in [-0.3, -0.25) is 0 Å². The summed E-state index contributed by atoms with van der Waals surface area (Å²) in [6.07, 6.45) is 0. The zero-order valence-corrected chi connectivity index (χ0v) is 31.1. The number of benzene rings is 9. The number of nitrogens with zero attached hydrogens (tertiary/aromatic N) is 5. The van der Waals surface area contributed by atoms with Crippen LogP contribution < -0.4 is 0 Å². The molecule has 13 aromatic rings. The van der Waals surface area contributed by atoms with Gasteiger partial charge >= 0.3 is 0 Å². The van der Waals surface area contributed by atoms with Gasteiger partial charge in [0.15, 0.2) is 17.5 Å². The number of aromatic nitrogens is 5. The minimum atomic E-state index is 0.641. The van der Waals surface area contributed by atoms with Gasteiger partial charge < -0.3 is 8.80 Å². The van der Waals surface area contributed by atoms with Gasteiger partial charge in [-0.1, -0.05) is 170 Å². The molecular weight excluding hydrogens is 707 g/mol. The largest absolute Gasteiger partial charge is 0.306 e. The number of para-hydroxylation sites is 3. The zero-order chi connectivity index (χ0) is 37.9. The van der Waals surface area contributed by atoms with E-state index < -0.39 is 0 Å². The predicted octanol–water partition coefficient (Wildman–Crippen LogP) is 13.5. The summed E-state index contributed by atoms with van der Waals surface area (Å²) in [6, 6.07) is 67.3. The van der Waals surface area contributed by atoms with Crippen molar-refractivity contribution in [3.05, 3.63) is 188 Å². The molecule has 0 aliphatic carbocycles. The average molecular weight is 738 g/mol. The van der Waals surface area contributed by atoms with Crippen molar-refractivity contribution in [3.8, 4) is 34.2 Å². The minimum absolute atomic E-state index is 0.641. The first kappa shape index (κ1) is 31.3. The molecule has 5 heteroatoms. The van der Waals surface area contributed by atoms with Crippen molar-refractivity contribution < 1.29 is 0 Å². The third-order valence-electron chi connectivity index (χ3n) is 12.1.